The first-order valence-electron chi connectivity index (χ1n) is 7.27. The normalized spacial score (nSPS) is 27.9. The first-order chi connectivity index (χ1) is 9.70. The molecule has 0 amide bonds. The van der Waals surface area contributed by atoms with Crippen LogP contribution >= 0.6 is 0 Å². The number of likely N-dealkylation sites (tertiary alicyclic amines) is 1. The van der Waals surface area contributed by atoms with Gasteiger partial charge < -0.3 is 5.73 Å². The molecule has 0 radical (unpaired) electrons. The van der Waals surface area contributed by atoms with Crippen molar-refractivity contribution in [2.45, 2.75) is 31.0 Å². The van der Waals surface area contributed by atoms with Crippen LogP contribution in [-0.4, -0.2) is 24.0 Å². The van der Waals surface area contributed by atoms with Crippen molar-refractivity contribution in [3.8, 4) is 0 Å². The van der Waals surface area contributed by atoms with Gasteiger partial charge >= 0.3 is 0 Å². The van der Waals surface area contributed by atoms with E-state index in [4.69, 9.17) is 5.73 Å². The number of likely N-dealkylation sites (N-methyl/N-ethyl adjacent to an activating group) is 1. The average Bonchev–Trinajstić information content (AvgIpc) is 2.52. The second kappa shape index (κ2) is 5.39. The van der Waals surface area contributed by atoms with Crippen LogP contribution in [0.5, 0.6) is 0 Å². The molecule has 0 aliphatic carbocycles. The molecular formula is C18H22N2. The zero-order chi connectivity index (χ0) is 14.1. The molecular weight excluding hydrogens is 244 g/mol. The summed E-state index contributed by atoms with van der Waals surface area (Å²) in [5.41, 5.74) is 9.16. The van der Waals surface area contributed by atoms with E-state index in [1.807, 2.05) is 6.07 Å². The maximum absolute atomic E-state index is 6.54. The molecule has 2 nitrogen and oxygen atoms in total. The fraction of sp³-hybridized carbons (Fsp3) is 0.333. The molecule has 0 saturated carbocycles. The van der Waals surface area contributed by atoms with Crippen molar-refractivity contribution in [1.29, 1.82) is 0 Å². The summed E-state index contributed by atoms with van der Waals surface area (Å²) in [7, 11) is 2.18. The second-order valence-corrected chi connectivity index (χ2v) is 5.77. The van der Waals surface area contributed by atoms with Gasteiger partial charge in [-0.05, 0) is 25.1 Å². The Morgan fingerprint density at radius 3 is 2.10 bits per heavy atom. The van der Waals surface area contributed by atoms with E-state index in [9.17, 15) is 0 Å². The molecule has 1 fully saturated rings. The van der Waals surface area contributed by atoms with Crippen molar-refractivity contribution >= 4 is 0 Å². The summed E-state index contributed by atoms with van der Waals surface area (Å²) in [5.74, 6) is 0.511. The maximum atomic E-state index is 6.54. The highest BCUT2D eigenvalue weighted by Gasteiger charge is 2.47. The van der Waals surface area contributed by atoms with Crippen molar-refractivity contribution in [2.24, 2.45) is 5.73 Å². The molecule has 20 heavy (non-hydrogen) atoms. The standard InChI is InChI=1S/C18H22N2/c1-13-16(14-9-5-3-6-10-14)18(20(13)2)17(19)15-11-7-4-8-12-15/h3-13,16-18H,19H2,1-2H3/t13-,16-,17+,18-/m1/s1. The van der Waals surface area contributed by atoms with Gasteiger partial charge in [0.05, 0.1) is 0 Å². The predicted molar refractivity (Wildman–Crippen MR) is 83.6 cm³/mol. The fourth-order valence-corrected chi connectivity index (χ4v) is 3.46. The molecule has 1 saturated heterocycles. The zero-order valence-corrected chi connectivity index (χ0v) is 12.1. The van der Waals surface area contributed by atoms with Crippen LogP contribution in [-0.2, 0) is 0 Å². The highest BCUT2D eigenvalue weighted by molar-refractivity contribution is 5.31. The summed E-state index contributed by atoms with van der Waals surface area (Å²) >= 11 is 0. The first-order valence-corrected chi connectivity index (χ1v) is 7.27. The van der Waals surface area contributed by atoms with Crippen LogP contribution in [0, 0.1) is 0 Å². The Morgan fingerprint density at radius 1 is 0.950 bits per heavy atom. The van der Waals surface area contributed by atoms with Crippen molar-refractivity contribution in [1.82, 2.24) is 4.90 Å². The summed E-state index contributed by atoms with van der Waals surface area (Å²) in [6.45, 7) is 2.28. The summed E-state index contributed by atoms with van der Waals surface area (Å²) in [4.78, 5) is 2.40. The zero-order valence-electron chi connectivity index (χ0n) is 12.1. The number of nitrogens with two attached hydrogens (primary N) is 1. The number of nitrogens with zero attached hydrogens (tertiary/aromatic N) is 1. The van der Waals surface area contributed by atoms with Crippen LogP contribution in [0.4, 0.5) is 0 Å². The quantitative estimate of drug-likeness (QED) is 0.924. The lowest BCUT2D eigenvalue weighted by Gasteiger charge is -2.55. The molecule has 3 rings (SSSR count). The van der Waals surface area contributed by atoms with Crippen LogP contribution in [0.15, 0.2) is 60.7 Å². The summed E-state index contributed by atoms with van der Waals surface area (Å²) < 4.78 is 0. The molecule has 0 unspecified atom stereocenters. The lowest BCUT2D eigenvalue weighted by molar-refractivity contribution is 0.00580. The smallest absolute Gasteiger partial charge is 0.0459 e. The van der Waals surface area contributed by atoms with Crippen LogP contribution in [0.2, 0.25) is 0 Å². The monoisotopic (exact) mass is 266 g/mol. The molecule has 1 aliphatic rings. The van der Waals surface area contributed by atoms with Gasteiger partial charge in [0.25, 0.3) is 0 Å². The van der Waals surface area contributed by atoms with E-state index in [0.29, 0.717) is 18.0 Å². The van der Waals surface area contributed by atoms with Gasteiger partial charge in [0, 0.05) is 24.0 Å². The molecule has 0 spiro atoms. The number of rotatable bonds is 3. The lowest BCUT2D eigenvalue weighted by Crippen LogP contribution is -2.62. The third kappa shape index (κ3) is 2.15. The van der Waals surface area contributed by atoms with Crippen molar-refractivity contribution in [2.75, 3.05) is 7.05 Å². The SMILES string of the molecule is C[C@@H]1[C@H](c2ccccc2)[C@H]([C@@H](N)c2ccccc2)N1C. The van der Waals surface area contributed by atoms with Crippen LogP contribution in [0.1, 0.15) is 30.0 Å². The van der Waals surface area contributed by atoms with E-state index in [0.717, 1.165) is 0 Å². The molecule has 2 N–H and O–H groups in total. The van der Waals surface area contributed by atoms with Crippen molar-refractivity contribution in [3.05, 3.63) is 71.8 Å². The van der Waals surface area contributed by atoms with Gasteiger partial charge in [-0.3, -0.25) is 4.90 Å². The van der Waals surface area contributed by atoms with E-state index in [-0.39, 0.29) is 6.04 Å². The molecule has 0 bridgehead atoms. The van der Waals surface area contributed by atoms with E-state index in [1.54, 1.807) is 0 Å². The van der Waals surface area contributed by atoms with Gasteiger partial charge in [0.1, 0.15) is 0 Å². The van der Waals surface area contributed by atoms with Crippen LogP contribution in [0.25, 0.3) is 0 Å². The molecule has 2 aromatic rings. The predicted octanol–water partition coefficient (Wildman–Crippen LogP) is 3.17. The Labute approximate surface area is 121 Å². The maximum Gasteiger partial charge on any atom is 0.0459 e. The van der Waals surface area contributed by atoms with E-state index in [1.165, 1.54) is 11.1 Å². The number of hydrogen-bond donors (Lipinski definition) is 1. The Balaban J connectivity index is 1.88. The van der Waals surface area contributed by atoms with Crippen LogP contribution < -0.4 is 5.73 Å². The number of benzene rings is 2. The minimum Gasteiger partial charge on any atom is -0.323 e. The first kappa shape index (κ1) is 13.3. The third-order valence-electron chi connectivity index (χ3n) is 4.74. The van der Waals surface area contributed by atoms with Gasteiger partial charge in [-0.2, -0.15) is 0 Å². The van der Waals surface area contributed by atoms with E-state index >= 15 is 0 Å². The molecule has 4 atom stereocenters. The van der Waals surface area contributed by atoms with Crippen molar-refractivity contribution in [3.63, 3.8) is 0 Å². The Bertz CT molecular complexity index is 552. The van der Waals surface area contributed by atoms with Crippen molar-refractivity contribution < 1.29 is 0 Å². The highest BCUT2D eigenvalue weighted by Crippen LogP contribution is 2.44. The highest BCUT2D eigenvalue weighted by atomic mass is 15.3. The minimum absolute atomic E-state index is 0.0580. The molecule has 2 aromatic carbocycles. The second-order valence-electron chi connectivity index (χ2n) is 5.77. The summed E-state index contributed by atoms with van der Waals surface area (Å²) in [5, 5.41) is 0. The lowest BCUT2D eigenvalue weighted by atomic mass is 9.72. The molecule has 1 aliphatic heterocycles. The largest absolute Gasteiger partial charge is 0.323 e. The van der Waals surface area contributed by atoms with Gasteiger partial charge in [-0.15, -0.1) is 0 Å². The van der Waals surface area contributed by atoms with Gasteiger partial charge in [0.2, 0.25) is 0 Å². The average molecular weight is 266 g/mol. The van der Waals surface area contributed by atoms with Gasteiger partial charge in [-0.25, -0.2) is 0 Å². The molecule has 1 heterocycles. The Morgan fingerprint density at radius 2 is 1.50 bits per heavy atom. The topological polar surface area (TPSA) is 29.3 Å². The van der Waals surface area contributed by atoms with E-state index < -0.39 is 0 Å². The molecule has 104 valence electrons. The van der Waals surface area contributed by atoms with Gasteiger partial charge in [-0.1, -0.05) is 60.7 Å². The summed E-state index contributed by atoms with van der Waals surface area (Å²) in [6.07, 6.45) is 0. The Hall–Kier alpha value is -1.64. The third-order valence-corrected chi connectivity index (χ3v) is 4.74. The molecule has 2 heteroatoms. The van der Waals surface area contributed by atoms with E-state index in [2.05, 4.69) is 73.5 Å². The minimum atomic E-state index is 0.0580. The van der Waals surface area contributed by atoms with Gasteiger partial charge in [0.15, 0.2) is 0 Å². The molecule has 0 aromatic heterocycles. The summed E-state index contributed by atoms with van der Waals surface area (Å²) in [6, 6.07) is 22.1. The fourth-order valence-electron chi connectivity index (χ4n) is 3.46. The van der Waals surface area contributed by atoms with Crippen LogP contribution in [0.3, 0.4) is 0 Å². The number of hydrogen-bond acceptors (Lipinski definition) is 2. The Kier molecular flexibility index (Phi) is 3.60.